The fraction of sp³-hybridized carbons (Fsp3) is 0.379. The highest BCUT2D eigenvalue weighted by Crippen LogP contribution is 2.40. The number of aromatic nitrogens is 3. The Morgan fingerprint density at radius 3 is 2.73 bits per heavy atom. The normalized spacial score (nSPS) is 15.4. The van der Waals surface area contributed by atoms with Crippen molar-refractivity contribution < 1.29 is 9.53 Å². The Morgan fingerprint density at radius 2 is 2.05 bits per heavy atom. The third-order valence-electron chi connectivity index (χ3n) is 7.01. The number of amides is 1. The Labute approximate surface area is 238 Å². The lowest BCUT2D eigenvalue weighted by atomic mass is 9.91. The van der Waals surface area contributed by atoms with E-state index in [1.807, 2.05) is 12.1 Å². The molecular weight excluding hydrogens is 528 g/mol. The lowest BCUT2D eigenvalue weighted by Gasteiger charge is -2.29. The van der Waals surface area contributed by atoms with Crippen molar-refractivity contribution in [1.82, 2.24) is 20.3 Å². The maximum Gasteiger partial charge on any atom is 0.265 e. The summed E-state index contributed by atoms with van der Waals surface area (Å²) in [7, 11) is 0. The van der Waals surface area contributed by atoms with Gasteiger partial charge in [0.05, 0.1) is 28.5 Å². The zero-order chi connectivity index (χ0) is 28.2. The first-order valence-electron chi connectivity index (χ1n) is 13.4. The number of nitriles is 1. The Balaban J connectivity index is 1.59. The number of rotatable bonds is 8. The predicted molar refractivity (Wildman–Crippen MR) is 154 cm³/mol. The highest BCUT2D eigenvalue weighted by atomic mass is 35.5. The third kappa shape index (κ3) is 5.76. The molecule has 2 aliphatic rings. The van der Waals surface area contributed by atoms with E-state index in [0.29, 0.717) is 62.5 Å². The fourth-order valence-corrected chi connectivity index (χ4v) is 5.21. The van der Waals surface area contributed by atoms with Crippen molar-refractivity contribution in [3.63, 3.8) is 0 Å². The predicted octanol–water partition coefficient (Wildman–Crippen LogP) is 4.35. The van der Waals surface area contributed by atoms with Crippen molar-refractivity contribution in [3.05, 3.63) is 58.3 Å². The van der Waals surface area contributed by atoms with Crippen molar-refractivity contribution >= 4 is 35.2 Å². The van der Waals surface area contributed by atoms with Crippen LogP contribution in [0.2, 0.25) is 5.02 Å². The van der Waals surface area contributed by atoms with Crippen molar-refractivity contribution in [2.24, 2.45) is 5.92 Å². The van der Waals surface area contributed by atoms with Crippen molar-refractivity contribution in [2.45, 2.75) is 45.7 Å². The van der Waals surface area contributed by atoms with Crippen LogP contribution in [0.1, 0.15) is 49.3 Å². The molecule has 0 saturated carbocycles. The zero-order valence-electron chi connectivity index (χ0n) is 22.5. The topological polar surface area (TPSA) is 140 Å². The molecule has 1 amide bonds. The van der Waals surface area contributed by atoms with E-state index in [0.717, 1.165) is 25.9 Å². The minimum Gasteiger partial charge on any atom is -0.482 e. The summed E-state index contributed by atoms with van der Waals surface area (Å²) in [6.45, 7) is 6.05. The number of fused-ring (bicyclic) bond motifs is 1. The molecule has 0 atom stereocenters. The average Bonchev–Trinajstić information content (AvgIpc) is 2.95. The standard InChI is InChI=1S/C29H31ClN8O2/c1-17(2)9-23-21(11-31)28(22(12-32)29(37-23)36-20-5-7-33-8-6-20)18-3-4-24-25(10-18)40-16-27(39)38(24)15-26-34-13-19(30)14-35-26/h3-4,10,12-14,17,20,32-33H,5-9,15-16H2,1-2H3,(H,36,37). The van der Waals surface area contributed by atoms with Crippen LogP contribution in [-0.4, -0.2) is 52.8 Å². The SMILES string of the molecule is CC(C)Cc1nc(NC2CCNCC2)c(C=N)c(-c2ccc3c(c2)OCC(=O)N3Cc2ncc(Cl)cn2)c1C#N. The number of hydrogen-bond donors (Lipinski definition) is 3. The smallest absolute Gasteiger partial charge is 0.265 e. The summed E-state index contributed by atoms with van der Waals surface area (Å²) in [5.74, 6) is 1.64. The van der Waals surface area contributed by atoms with Gasteiger partial charge in [-0.3, -0.25) is 9.69 Å². The number of carbonyl (C=O) groups excluding carboxylic acids is 1. The molecule has 0 radical (unpaired) electrons. The summed E-state index contributed by atoms with van der Waals surface area (Å²) in [4.78, 5) is 27.7. The van der Waals surface area contributed by atoms with Gasteiger partial charge in [0.25, 0.3) is 5.91 Å². The van der Waals surface area contributed by atoms with Gasteiger partial charge in [-0.15, -0.1) is 0 Å². The summed E-state index contributed by atoms with van der Waals surface area (Å²) in [6, 6.07) is 8.08. The minimum atomic E-state index is -0.215. The molecule has 0 unspecified atom stereocenters. The van der Waals surface area contributed by atoms with Crippen LogP contribution in [0, 0.1) is 22.7 Å². The van der Waals surface area contributed by atoms with E-state index in [1.54, 1.807) is 11.0 Å². The number of anilines is 2. The van der Waals surface area contributed by atoms with Gasteiger partial charge in [-0.25, -0.2) is 15.0 Å². The molecule has 11 heteroatoms. The van der Waals surface area contributed by atoms with Gasteiger partial charge in [-0.1, -0.05) is 31.5 Å². The average molecular weight is 559 g/mol. The number of halogens is 1. The van der Waals surface area contributed by atoms with Gasteiger partial charge in [0.2, 0.25) is 0 Å². The van der Waals surface area contributed by atoms with E-state index >= 15 is 0 Å². The molecule has 1 fully saturated rings. The van der Waals surface area contributed by atoms with Crippen LogP contribution in [0.5, 0.6) is 5.75 Å². The van der Waals surface area contributed by atoms with Gasteiger partial charge < -0.3 is 20.8 Å². The number of ether oxygens (including phenoxy) is 1. The largest absolute Gasteiger partial charge is 0.482 e. The van der Waals surface area contributed by atoms with E-state index in [9.17, 15) is 10.1 Å². The fourth-order valence-electron chi connectivity index (χ4n) is 5.11. The lowest BCUT2D eigenvalue weighted by molar-refractivity contribution is -0.121. The Kier molecular flexibility index (Phi) is 8.24. The molecule has 2 aromatic heterocycles. The number of benzene rings is 1. The van der Waals surface area contributed by atoms with Gasteiger partial charge in [0, 0.05) is 35.8 Å². The van der Waals surface area contributed by atoms with Crippen molar-refractivity contribution in [1.29, 1.82) is 10.7 Å². The number of hydrogen-bond acceptors (Lipinski definition) is 9. The lowest BCUT2D eigenvalue weighted by Crippen LogP contribution is -2.38. The molecule has 5 rings (SSSR count). The molecule has 0 aliphatic carbocycles. The van der Waals surface area contributed by atoms with E-state index in [4.69, 9.17) is 26.7 Å². The summed E-state index contributed by atoms with van der Waals surface area (Å²) in [5, 5.41) is 26.0. The molecule has 2 aliphatic heterocycles. The molecular formula is C29H31ClN8O2. The molecule has 40 heavy (non-hydrogen) atoms. The highest BCUT2D eigenvalue weighted by Gasteiger charge is 2.29. The maximum absolute atomic E-state index is 12.8. The maximum atomic E-state index is 12.8. The van der Waals surface area contributed by atoms with Crippen molar-refractivity contribution in [3.8, 4) is 22.9 Å². The van der Waals surface area contributed by atoms with Crippen LogP contribution >= 0.6 is 11.6 Å². The zero-order valence-corrected chi connectivity index (χ0v) is 23.3. The number of nitrogens with one attached hydrogen (secondary N) is 3. The first-order valence-corrected chi connectivity index (χ1v) is 13.7. The molecule has 0 spiro atoms. The number of piperidine rings is 1. The van der Waals surface area contributed by atoms with Gasteiger partial charge in [0.15, 0.2) is 6.61 Å². The van der Waals surface area contributed by atoms with Crippen LogP contribution in [0.3, 0.4) is 0 Å². The van der Waals surface area contributed by atoms with E-state index in [2.05, 4.69) is 40.5 Å². The van der Waals surface area contributed by atoms with Crippen molar-refractivity contribution in [2.75, 3.05) is 29.9 Å². The van der Waals surface area contributed by atoms with Gasteiger partial charge in [-0.2, -0.15) is 5.26 Å². The summed E-state index contributed by atoms with van der Waals surface area (Å²) < 4.78 is 5.85. The number of carbonyl (C=O) groups is 1. The Bertz CT molecular complexity index is 1460. The summed E-state index contributed by atoms with van der Waals surface area (Å²) >= 11 is 5.92. The van der Waals surface area contributed by atoms with Crippen LogP contribution in [0.4, 0.5) is 11.5 Å². The van der Waals surface area contributed by atoms with Crippen LogP contribution in [0.15, 0.2) is 30.6 Å². The Hall–Kier alpha value is -4.07. The first-order chi connectivity index (χ1) is 19.4. The second kappa shape index (κ2) is 12.0. The third-order valence-corrected chi connectivity index (χ3v) is 7.21. The molecule has 3 N–H and O–H groups in total. The molecule has 3 aromatic rings. The summed E-state index contributed by atoms with van der Waals surface area (Å²) in [6.07, 6.45) is 6.77. The monoisotopic (exact) mass is 558 g/mol. The molecule has 4 heterocycles. The van der Waals surface area contributed by atoms with Crippen LogP contribution < -0.4 is 20.3 Å². The van der Waals surface area contributed by atoms with E-state index in [1.165, 1.54) is 18.6 Å². The minimum absolute atomic E-state index is 0.135. The molecule has 206 valence electrons. The second-order valence-electron chi connectivity index (χ2n) is 10.4. The quantitative estimate of drug-likeness (QED) is 0.347. The van der Waals surface area contributed by atoms with E-state index < -0.39 is 0 Å². The molecule has 1 aromatic carbocycles. The van der Waals surface area contributed by atoms with E-state index in [-0.39, 0.29) is 31.0 Å². The van der Waals surface area contributed by atoms with Gasteiger partial charge in [0.1, 0.15) is 23.5 Å². The summed E-state index contributed by atoms with van der Waals surface area (Å²) in [5.41, 5.74) is 3.63. The molecule has 1 saturated heterocycles. The molecule has 0 bridgehead atoms. The van der Waals surface area contributed by atoms with Crippen LogP contribution in [0.25, 0.3) is 11.1 Å². The number of nitrogens with zero attached hydrogens (tertiary/aromatic N) is 5. The van der Waals surface area contributed by atoms with Gasteiger partial charge in [-0.05, 0) is 56.0 Å². The highest BCUT2D eigenvalue weighted by molar-refractivity contribution is 6.30. The number of pyridine rings is 1. The Morgan fingerprint density at radius 1 is 1.30 bits per heavy atom. The first kappa shape index (κ1) is 27.5. The van der Waals surface area contributed by atoms with Gasteiger partial charge >= 0.3 is 0 Å². The molecule has 10 nitrogen and oxygen atoms in total. The second-order valence-corrected chi connectivity index (χ2v) is 10.8. The van der Waals surface area contributed by atoms with Crippen LogP contribution in [-0.2, 0) is 17.8 Å².